The molecule has 2 atom stereocenters. The Bertz CT molecular complexity index is 892. The molecule has 32 heavy (non-hydrogen) atoms. The Kier molecular flexibility index (Phi) is 7.50. The lowest BCUT2D eigenvalue weighted by molar-refractivity contribution is -0.274. The van der Waals surface area contributed by atoms with E-state index in [9.17, 15) is 18.0 Å². The lowest BCUT2D eigenvalue weighted by atomic mass is 9.89. The number of benzene rings is 2. The van der Waals surface area contributed by atoms with E-state index in [-0.39, 0.29) is 17.8 Å². The topological polar surface area (TPSA) is 57.2 Å². The fourth-order valence-electron chi connectivity index (χ4n) is 4.14. The summed E-state index contributed by atoms with van der Waals surface area (Å²) in [4.78, 5) is 13.9. The highest BCUT2D eigenvalue weighted by molar-refractivity contribution is 5.59. The first-order valence-corrected chi connectivity index (χ1v) is 10.1. The smallest absolute Gasteiger partial charge is 0.496 e. The first-order chi connectivity index (χ1) is 15.3. The van der Waals surface area contributed by atoms with Gasteiger partial charge in [0.05, 0.1) is 32.9 Å². The summed E-state index contributed by atoms with van der Waals surface area (Å²) in [5.41, 5.74) is 1.56. The fraction of sp³-hybridized carbons (Fsp3) is 0.435. The highest BCUT2D eigenvalue weighted by atomic mass is 19.4. The van der Waals surface area contributed by atoms with Gasteiger partial charge in [0, 0.05) is 24.7 Å². The molecular formula is C23H26F3NO5. The fourth-order valence-corrected chi connectivity index (χ4v) is 4.14. The van der Waals surface area contributed by atoms with Crippen molar-refractivity contribution in [1.82, 2.24) is 4.90 Å². The molecule has 0 radical (unpaired) electrons. The van der Waals surface area contributed by atoms with Crippen molar-refractivity contribution in [2.24, 2.45) is 0 Å². The van der Waals surface area contributed by atoms with E-state index in [1.54, 1.807) is 45.6 Å². The zero-order valence-electron chi connectivity index (χ0n) is 18.1. The van der Waals surface area contributed by atoms with Crippen molar-refractivity contribution < 1.29 is 36.9 Å². The molecule has 1 aliphatic rings. The minimum atomic E-state index is -4.75. The van der Waals surface area contributed by atoms with Crippen molar-refractivity contribution in [2.45, 2.75) is 44.3 Å². The number of rotatable bonds is 8. The van der Waals surface area contributed by atoms with Crippen molar-refractivity contribution in [3.63, 3.8) is 0 Å². The molecule has 9 heteroatoms. The van der Waals surface area contributed by atoms with Crippen LogP contribution < -0.4 is 18.9 Å². The largest absolute Gasteiger partial charge is 0.573 e. The van der Waals surface area contributed by atoms with Gasteiger partial charge in [-0.2, -0.15) is 0 Å². The maximum Gasteiger partial charge on any atom is 0.573 e. The summed E-state index contributed by atoms with van der Waals surface area (Å²) in [5.74, 6) is 1.45. The summed E-state index contributed by atoms with van der Waals surface area (Å²) in [5, 5.41) is 0. The molecule has 0 saturated carbocycles. The molecule has 2 aromatic carbocycles. The van der Waals surface area contributed by atoms with Gasteiger partial charge in [-0.25, -0.2) is 0 Å². The van der Waals surface area contributed by atoms with E-state index in [1.165, 1.54) is 12.1 Å². The second kappa shape index (κ2) is 10.1. The maximum atomic E-state index is 12.4. The van der Waals surface area contributed by atoms with Crippen LogP contribution >= 0.6 is 0 Å². The zero-order valence-corrected chi connectivity index (χ0v) is 18.1. The quantitative estimate of drug-likeness (QED) is 0.530. The van der Waals surface area contributed by atoms with Crippen molar-refractivity contribution in [3.8, 4) is 23.0 Å². The Labute approximate surface area is 184 Å². The number of nitrogens with zero attached hydrogens (tertiary/aromatic N) is 1. The van der Waals surface area contributed by atoms with Gasteiger partial charge < -0.3 is 23.7 Å². The lowest BCUT2D eigenvalue weighted by Gasteiger charge is -2.41. The molecule has 6 nitrogen and oxygen atoms in total. The monoisotopic (exact) mass is 453 g/mol. The Hall–Kier alpha value is -2.94. The van der Waals surface area contributed by atoms with Crippen LogP contribution in [0.25, 0.3) is 0 Å². The highest BCUT2D eigenvalue weighted by Gasteiger charge is 2.35. The second-order valence-corrected chi connectivity index (χ2v) is 7.46. The third-order valence-corrected chi connectivity index (χ3v) is 5.57. The summed E-state index contributed by atoms with van der Waals surface area (Å²) in [6.07, 6.45) is -1.55. The first-order valence-electron chi connectivity index (χ1n) is 10.1. The van der Waals surface area contributed by atoms with Gasteiger partial charge in [-0.15, -0.1) is 13.2 Å². The molecule has 3 rings (SSSR count). The Morgan fingerprint density at radius 1 is 0.969 bits per heavy atom. The van der Waals surface area contributed by atoms with Crippen LogP contribution in [-0.4, -0.2) is 44.9 Å². The van der Waals surface area contributed by atoms with Crippen molar-refractivity contribution in [2.75, 3.05) is 21.3 Å². The number of carbonyl (C=O) groups is 1. The first kappa shape index (κ1) is 23.7. The van der Waals surface area contributed by atoms with Gasteiger partial charge >= 0.3 is 6.36 Å². The minimum Gasteiger partial charge on any atom is -0.496 e. The molecule has 1 aliphatic heterocycles. The molecule has 0 aliphatic carbocycles. The number of hydrogen-bond acceptors (Lipinski definition) is 6. The number of halogens is 3. The van der Waals surface area contributed by atoms with Gasteiger partial charge in [0.1, 0.15) is 29.3 Å². The van der Waals surface area contributed by atoms with Gasteiger partial charge in [-0.3, -0.25) is 4.90 Å². The van der Waals surface area contributed by atoms with Gasteiger partial charge in [-0.1, -0.05) is 12.1 Å². The van der Waals surface area contributed by atoms with E-state index in [0.717, 1.165) is 30.3 Å². The number of hydrogen-bond donors (Lipinski definition) is 0. The highest BCUT2D eigenvalue weighted by Crippen LogP contribution is 2.45. The summed E-state index contributed by atoms with van der Waals surface area (Å²) in [6, 6.07) is 8.66. The van der Waals surface area contributed by atoms with Crippen LogP contribution in [-0.2, 0) is 11.3 Å². The van der Waals surface area contributed by atoms with Crippen LogP contribution in [0.3, 0.4) is 0 Å². The van der Waals surface area contributed by atoms with Gasteiger partial charge in [0.25, 0.3) is 0 Å². The maximum absolute atomic E-state index is 12.4. The number of likely N-dealkylation sites (tertiary alicyclic amines) is 1. The molecule has 0 amide bonds. The summed E-state index contributed by atoms with van der Waals surface area (Å²) in [7, 11) is 4.66. The molecule has 1 fully saturated rings. The number of methoxy groups -OCH3 is 3. The number of aldehydes is 1. The lowest BCUT2D eigenvalue weighted by Crippen LogP contribution is -2.42. The predicted molar refractivity (Wildman–Crippen MR) is 111 cm³/mol. The Morgan fingerprint density at radius 3 is 2.09 bits per heavy atom. The molecular weight excluding hydrogens is 427 g/mol. The normalized spacial score (nSPS) is 19.3. The average molecular weight is 453 g/mol. The molecule has 2 unspecified atom stereocenters. The minimum absolute atomic E-state index is 0.194. The average Bonchev–Trinajstić information content (AvgIpc) is 2.78. The van der Waals surface area contributed by atoms with E-state index in [1.807, 2.05) is 4.90 Å². The van der Waals surface area contributed by atoms with E-state index in [2.05, 4.69) is 4.74 Å². The van der Waals surface area contributed by atoms with Crippen molar-refractivity contribution in [3.05, 3.63) is 47.5 Å². The van der Waals surface area contributed by atoms with Gasteiger partial charge in [0.2, 0.25) is 0 Å². The van der Waals surface area contributed by atoms with Crippen molar-refractivity contribution >= 4 is 6.29 Å². The van der Waals surface area contributed by atoms with E-state index in [0.29, 0.717) is 30.2 Å². The third-order valence-electron chi connectivity index (χ3n) is 5.57. The summed E-state index contributed by atoms with van der Waals surface area (Å²) >= 11 is 0. The van der Waals surface area contributed by atoms with Crippen LogP contribution in [0.4, 0.5) is 13.2 Å². The summed E-state index contributed by atoms with van der Waals surface area (Å²) < 4.78 is 57.8. The number of carbonyl (C=O) groups excluding carboxylic acids is 1. The molecule has 1 saturated heterocycles. The van der Waals surface area contributed by atoms with E-state index < -0.39 is 6.36 Å². The SMILES string of the molecule is COc1cc(OC)c(C2CCCC(C=O)N2Cc2ccc(OC(F)(F)F)cc2)c(OC)c1. The van der Waals surface area contributed by atoms with Crippen molar-refractivity contribution in [1.29, 1.82) is 0 Å². The molecule has 1 heterocycles. The number of ether oxygens (including phenoxy) is 4. The molecule has 0 N–H and O–H groups in total. The zero-order chi connectivity index (χ0) is 23.3. The van der Waals surface area contributed by atoms with Gasteiger partial charge in [-0.05, 0) is 37.0 Å². The second-order valence-electron chi connectivity index (χ2n) is 7.46. The predicted octanol–water partition coefficient (Wildman–Crippen LogP) is 4.91. The van der Waals surface area contributed by atoms with E-state index >= 15 is 0 Å². The number of piperidine rings is 1. The molecule has 2 aromatic rings. The standard InChI is InChI=1S/C23H26F3NO5/c1-29-18-11-20(30-2)22(21(12-18)31-3)19-6-4-5-16(14-28)27(19)13-15-7-9-17(10-8-15)32-23(24,25)26/h7-12,14,16,19H,4-6,13H2,1-3H3. The summed E-state index contributed by atoms with van der Waals surface area (Å²) in [6.45, 7) is 0.360. The Morgan fingerprint density at radius 2 is 1.59 bits per heavy atom. The molecule has 0 spiro atoms. The van der Waals surface area contributed by atoms with Crippen LogP contribution in [0, 0.1) is 0 Å². The molecule has 0 aromatic heterocycles. The third kappa shape index (κ3) is 5.45. The van der Waals surface area contributed by atoms with Crippen LogP contribution in [0.1, 0.15) is 36.4 Å². The van der Waals surface area contributed by atoms with E-state index in [4.69, 9.17) is 14.2 Å². The van der Waals surface area contributed by atoms with Crippen LogP contribution in [0.5, 0.6) is 23.0 Å². The van der Waals surface area contributed by atoms with Crippen LogP contribution in [0.2, 0.25) is 0 Å². The van der Waals surface area contributed by atoms with Crippen LogP contribution in [0.15, 0.2) is 36.4 Å². The number of alkyl halides is 3. The molecule has 0 bridgehead atoms. The molecule has 174 valence electrons. The van der Waals surface area contributed by atoms with Gasteiger partial charge in [0.15, 0.2) is 0 Å². The Balaban J connectivity index is 1.95.